The number of fused-ring (bicyclic) bond motifs is 1. The molecule has 0 unspecified atom stereocenters. The minimum absolute atomic E-state index is 0.000000787. The molecule has 1 aromatic rings. The van der Waals surface area contributed by atoms with Crippen molar-refractivity contribution in [3.8, 4) is 0 Å². The first-order chi connectivity index (χ1) is 10.8. The SMILES string of the molecule is Cc1cc(S(=O)(=O)N2CC[C@@H]3OCCN(C)[C@@H]3C2)c(F)cc1F. The molecule has 0 bridgehead atoms. The lowest BCUT2D eigenvalue weighted by Gasteiger charge is -2.45. The maximum absolute atomic E-state index is 14.0. The highest BCUT2D eigenvalue weighted by molar-refractivity contribution is 7.89. The molecule has 5 nitrogen and oxygen atoms in total. The molecule has 2 fully saturated rings. The molecule has 23 heavy (non-hydrogen) atoms. The van der Waals surface area contributed by atoms with Crippen LogP contribution in [0.1, 0.15) is 12.0 Å². The van der Waals surface area contributed by atoms with Gasteiger partial charge in [-0.05, 0) is 32.0 Å². The van der Waals surface area contributed by atoms with Crippen molar-refractivity contribution in [1.29, 1.82) is 0 Å². The Morgan fingerprint density at radius 2 is 1.96 bits per heavy atom. The van der Waals surface area contributed by atoms with Crippen LogP contribution in [-0.4, -0.2) is 63.1 Å². The summed E-state index contributed by atoms with van der Waals surface area (Å²) >= 11 is 0. The Kier molecular flexibility index (Phi) is 4.43. The fourth-order valence-corrected chi connectivity index (χ4v) is 4.80. The van der Waals surface area contributed by atoms with Crippen molar-refractivity contribution in [1.82, 2.24) is 9.21 Å². The largest absolute Gasteiger partial charge is 0.375 e. The van der Waals surface area contributed by atoms with Crippen molar-refractivity contribution in [3.63, 3.8) is 0 Å². The zero-order chi connectivity index (χ0) is 16.8. The van der Waals surface area contributed by atoms with Gasteiger partial charge in [0.1, 0.15) is 16.5 Å². The first-order valence-corrected chi connectivity index (χ1v) is 9.02. The zero-order valence-electron chi connectivity index (χ0n) is 13.1. The smallest absolute Gasteiger partial charge is 0.246 e. The van der Waals surface area contributed by atoms with Crippen molar-refractivity contribution in [3.05, 3.63) is 29.3 Å². The standard InChI is InChI=1S/C15H20F2N2O3S/c1-10-7-15(12(17)8-11(10)16)23(20,21)19-4-3-14-13(9-19)18(2)5-6-22-14/h7-8,13-14H,3-6,9H2,1-2H3/t13-,14+/m1/s1. The lowest BCUT2D eigenvalue weighted by atomic mass is 10.0. The van der Waals surface area contributed by atoms with E-state index in [1.165, 1.54) is 11.2 Å². The Bertz CT molecular complexity index is 711. The van der Waals surface area contributed by atoms with E-state index < -0.39 is 26.6 Å². The molecule has 8 heteroatoms. The van der Waals surface area contributed by atoms with Gasteiger partial charge in [0, 0.05) is 31.7 Å². The molecule has 0 N–H and O–H groups in total. The van der Waals surface area contributed by atoms with Gasteiger partial charge < -0.3 is 4.74 Å². The second kappa shape index (κ2) is 6.08. The maximum atomic E-state index is 14.0. The van der Waals surface area contributed by atoms with Crippen LogP contribution >= 0.6 is 0 Å². The van der Waals surface area contributed by atoms with Crippen LogP contribution in [0.2, 0.25) is 0 Å². The molecule has 2 atom stereocenters. The number of morpholine rings is 1. The summed E-state index contributed by atoms with van der Waals surface area (Å²) in [6.45, 7) is 3.31. The van der Waals surface area contributed by atoms with Gasteiger partial charge in [0.15, 0.2) is 0 Å². The number of likely N-dealkylation sites (N-methyl/N-ethyl adjacent to an activating group) is 1. The third-order valence-electron chi connectivity index (χ3n) is 4.66. The molecule has 0 radical (unpaired) electrons. The van der Waals surface area contributed by atoms with Crippen molar-refractivity contribution in [2.24, 2.45) is 0 Å². The Morgan fingerprint density at radius 3 is 2.70 bits per heavy atom. The monoisotopic (exact) mass is 346 g/mol. The van der Waals surface area contributed by atoms with Crippen LogP contribution in [0.15, 0.2) is 17.0 Å². The molecule has 2 aliphatic rings. The molecule has 3 rings (SSSR count). The van der Waals surface area contributed by atoms with Gasteiger partial charge in [-0.2, -0.15) is 4.31 Å². The number of rotatable bonds is 2. The van der Waals surface area contributed by atoms with Crippen LogP contribution in [0.5, 0.6) is 0 Å². The van der Waals surface area contributed by atoms with Crippen molar-refractivity contribution < 1.29 is 21.9 Å². The fourth-order valence-electron chi connectivity index (χ4n) is 3.20. The molecule has 1 aromatic carbocycles. The molecule has 0 spiro atoms. The number of benzene rings is 1. The van der Waals surface area contributed by atoms with E-state index in [2.05, 4.69) is 4.90 Å². The number of hydrogen-bond acceptors (Lipinski definition) is 4. The molecular formula is C15H20F2N2O3S. The third-order valence-corrected chi connectivity index (χ3v) is 6.54. The van der Waals surface area contributed by atoms with E-state index in [4.69, 9.17) is 4.74 Å². The van der Waals surface area contributed by atoms with Gasteiger partial charge in [0.2, 0.25) is 10.0 Å². The normalized spacial score (nSPS) is 27.0. The summed E-state index contributed by atoms with van der Waals surface area (Å²) in [6.07, 6.45) is 0.566. The molecule has 2 aliphatic heterocycles. The van der Waals surface area contributed by atoms with Crippen LogP contribution in [0.4, 0.5) is 8.78 Å². The summed E-state index contributed by atoms with van der Waals surface area (Å²) in [5.74, 6) is -1.80. The average molecular weight is 346 g/mol. The number of piperidine rings is 1. The van der Waals surface area contributed by atoms with Gasteiger partial charge in [0.05, 0.1) is 12.7 Å². The summed E-state index contributed by atoms with van der Waals surface area (Å²) in [6, 6.07) is 1.65. The highest BCUT2D eigenvalue weighted by Gasteiger charge is 2.40. The molecule has 2 heterocycles. The molecule has 0 amide bonds. The first kappa shape index (κ1) is 16.8. The molecule has 128 valence electrons. The Balaban J connectivity index is 1.90. The van der Waals surface area contributed by atoms with E-state index in [1.54, 1.807) is 0 Å². The van der Waals surface area contributed by atoms with Gasteiger partial charge in [-0.15, -0.1) is 0 Å². The summed E-state index contributed by atoms with van der Waals surface area (Å²) in [5.41, 5.74) is 0.109. The van der Waals surface area contributed by atoms with Gasteiger partial charge in [-0.1, -0.05) is 0 Å². The summed E-state index contributed by atoms with van der Waals surface area (Å²) in [4.78, 5) is 1.61. The van der Waals surface area contributed by atoms with Crippen LogP contribution in [-0.2, 0) is 14.8 Å². The van der Waals surface area contributed by atoms with Crippen molar-refractivity contribution in [2.75, 3.05) is 33.3 Å². The summed E-state index contributed by atoms with van der Waals surface area (Å²) in [5, 5.41) is 0. The Hall–Kier alpha value is -1.09. The highest BCUT2D eigenvalue weighted by atomic mass is 32.2. The number of hydrogen-bond donors (Lipinski definition) is 0. The molecular weight excluding hydrogens is 326 g/mol. The van der Waals surface area contributed by atoms with Crippen molar-refractivity contribution >= 4 is 10.0 Å². The summed E-state index contributed by atoms with van der Waals surface area (Å²) < 4.78 is 59.9. The topological polar surface area (TPSA) is 49.9 Å². The Labute approximate surface area is 134 Å². The minimum atomic E-state index is -4.00. The van der Waals surface area contributed by atoms with Crippen molar-refractivity contribution in [2.45, 2.75) is 30.4 Å². The number of sulfonamides is 1. The third kappa shape index (κ3) is 3.00. The quantitative estimate of drug-likeness (QED) is 0.812. The molecule has 0 aromatic heterocycles. The van der Waals surface area contributed by atoms with Crippen LogP contribution in [0, 0.1) is 18.6 Å². The average Bonchev–Trinajstić information content (AvgIpc) is 2.51. The second-order valence-electron chi connectivity index (χ2n) is 6.14. The van der Waals surface area contributed by atoms with Gasteiger partial charge in [-0.25, -0.2) is 17.2 Å². The lowest BCUT2D eigenvalue weighted by molar-refractivity contribution is -0.0840. The second-order valence-corrected chi connectivity index (χ2v) is 8.05. The van der Waals surface area contributed by atoms with Crippen LogP contribution < -0.4 is 0 Å². The van der Waals surface area contributed by atoms with Gasteiger partial charge in [0.25, 0.3) is 0 Å². The summed E-state index contributed by atoms with van der Waals surface area (Å²) in [7, 11) is -2.07. The van der Waals surface area contributed by atoms with Gasteiger partial charge in [-0.3, -0.25) is 4.90 Å². The van der Waals surface area contributed by atoms with Crippen LogP contribution in [0.3, 0.4) is 0 Å². The van der Waals surface area contributed by atoms with E-state index in [0.717, 1.165) is 12.6 Å². The predicted molar refractivity (Wildman–Crippen MR) is 80.6 cm³/mol. The van der Waals surface area contributed by atoms with E-state index in [9.17, 15) is 17.2 Å². The van der Waals surface area contributed by atoms with Crippen LogP contribution in [0.25, 0.3) is 0 Å². The minimum Gasteiger partial charge on any atom is -0.375 e. The fraction of sp³-hybridized carbons (Fsp3) is 0.600. The number of aryl methyl sites for hydroxylation is 1. The highest BCUT2D eigenvalue weighted by Crippen LogP contribution is 2.28. The number of ether oxygens (including phenoxy) is 1. The molecule has 0 aliphatic carbocycles. The number of halogens is 2. The van der Waals surface area contributed by atoms with E-state index in [1.807, 2.05) is 7.05 Å². The lowest BCUT2D eigenvalue weighted by Crippen LogP contribution is -2.59. The van der Waals surface area contributed by atoms with E-state index in [-0.39, 0.29) is 30.8 Å². The van der Waals surface area contributed by atoms with E-state index >= 15 is 0 Å². The zero-order valence-corrected chi connectivity index (χ0v) is 13.9. The molecule has 0 saturated carbocycles. The predicted octanol–water partition coefficient (Wildman–Crippen LogP) is 1.37. The molecule has 2 saturated heterocycles. The van der Waals surface area contributed by atoms with E-state index in [0.29, 0.717) is 19.1 Å². The number of nitrogens with zero attached hydrogens (tertiary/aromatic N) is 2. The first-order valence-electron chi connectivity index (χ1n) is 7.58. The Morgan fingerprint density at radius 1 is 1.22 bits per heavy atom. The maximum Gasteiger partial charge on any atom is 0.246 e. The van der Waals surface area contributed by atoms with Gasteiger partial charge >= 0.3 is 0 Å².